The maximum Gasteiger partial charge on any atom is 0.402 e. The Morgan fingerprint density at radius 3 is 2.26 bits per heavy atom. The predicted molar refractivity (Wildman–Crippen MR) is 67.1 cm³/mol. The van der Waals surface area contributed by atoms with Crippen molar-refractivity contribution < 1.29 is 26.5 Å². The van der Waals surface area contributed by atoms with Crippen LogP contribution in [0.2, 0.25) is 0 Å². The minimum atomic E-state index is -5.46. The van der Waals surface area contributed by atoms with Crippen molar-refractivity contribution in [3.63, 3.8) is 0 Å². The summed E-state index contributed by atoms with van der Waals surface area (Å²) in [6.45, 7) is 2.64. The molecule has 1 unspecified atom stereocenters. The van der Waals surface area contributed by atoms with Crippen LogP contribution in [0.5, 0.6) is 5.75 Å². The topological polar surface area (TPSA) is 63.6 Å². The average molecular weight is 294 g/mol. The van der Waals surface area contributed by atoms with Crippen LogP contribution in [0, 0.1) is 0 Å². The SMILES string of the molecule is CCC(C)c1ccc(OCC(F)(F)S(=O)(=O)O)cc1. The molecular formula is C12H16F2O4S. The van der Waals surface area contributed by atoms with Crippen molar-refractivity contribution in [2.24, 2.45) is 0 Å². The number of hydrogen-bond donors (Lipinski definition) is 1. The molecule has 0 aliphatic heterocycles. The van der Waals surface area contributed by atoms with E-state index in [0.717, 1.165) is 12.0 Å². The Bertz CT molecular complexity index is 511. The Hall–Kier alpha value is -1.21. The van der Waals surface area contributed by atoms with Crippen LogP contribution >= 0.6 is 0 Å². The van der Waals surface area contributed by atoms with Gasteiger partial charge in [-0.25, -0.2) is 0 Å². The zero-order valence-electron chi connectivity index (χ0n) is 10.6. The van der Waals surface area contributed by atoms with E-state index in [1.165, 1.54) is 12.1 Å². The number of hydrogen-bond acceptors (Lipinski definition) is 3. The molecule has 1 rings (SSSR count). The Morgan fingerprint density at radius 1 is 1.32 bits per heavy atom. The molecule has 0 aliphatic carbocycles. The van der Waals surface area contributed by atoms with Crippen molar-refractivity contribution >= 4 is 10.1 Å². The molecular weight excluding hydrogens is 278 g/mol. The normalized spacial score (nSPS) is 14.2. The summed E-state index contributed by atoms with van der Waals surface area (Å²) >= 11 is 0. The summed E-state index contributed by atoms with van der Waals surface area (Å²) < 4.78 is 59.6. The molecule has 1 aromatic carbocycles. The molecule has 1 N–H and O–H groups in total. The summed E-state index contributed by atoms with van der Waals surface area (Å²) in [4.78, 5) is 0. The van der Waals surface area contributed by atoms with E-state index in [1.807, 2.05) is 13.8 Å². The lowest BCUT2D eigenvalue weighted by Crippen LogP contribution is -2.34. The van der Waals surface area contributed by atoms with Crippen molar-refractivity contribution in [1.29, 1.82) is 0 Å². The summed E-state index contributed by atoms with van der Waals surface area (Å²) in [5.74, 6) is 0.462. The zero-order chi connectivity index (χ0) is 14.7. The van der Waals surface area contributed by atoms with Crippen molar-refractivity contribution in [2.45, 2.75) is 31.4 Å². The highest BCUT2D eigenvalue weighted by Crippen LogP contribution is 2.24. The second-order valence-corrected chi connectivity index (χ2v) is 5.83. The summed E-state index contributed by atoms with van der Waals surface area (Å²) in [6.07, 6.45) is 0.945. The molecule has 0 spiro atoms. The first-order chi connectivity index (χ1) is 8.67. The maximum atomic E-state index is 12.9. The van der Waals surface area contributed by atoms with Gasteiger partial charge in [0.2, 0.25) is 0 Å². The van der Waals surface area contributed by atoms with Gasteiger partial charge in [0.15, 0.2) is 6.61 Å². The second-order valence-electron chi connectivity index (χ2n) is 4.28. The van der Waals surface area contributed by atoms with E-state index >= 15 is 0 Å². The van der Waals surface area contributed by atoms with Gasteiger partial charge in [0, 0.05) is 0 Å². The van der Waals surface area contributed by atoms with Gasteiger partial charge in [0.1, 0.15) is 5.75 Å². The van der Waals surface area contributed by atoms with Crippen LogP contribution in [-0.4, -0.2) is 24.8 Å². The van der Waals surface area contributed by atoms with Crippen LogP contribution in [0.25, 0.3) is 0 Å². The molecule has 0 aromatic heterocycles. The number of rotatable bonds is 6. The standard InChI is InChI=1S/C12H16F2O4S/c1-3-9(2)10-4-6-11(7-5-10)18-8-12(13,14)19(15,16)17/h4-7,9H,3,8H2,1-2H3,(H,15,16,17). The zero-order valence-corrected chi connectivity index (χ0v) is 11.5. The predicted octanol–water partition coefficient (Wildman–Crippen LogP) is 3.06. The van der Waals surface area contributed by atoms with Gasteiger partial charge in [-0.05, 0) is 30.0 Å². The largest absolute Gasteiger partial charge is 0.486 e. The van der Waals surface area contributed by atoms with Crippen molar-refractivity contribution in [1.82, 2.24) is 0 Å². The molecule has 0 heterocycles. The van der Waals surface area contributed by atoms with Crippen molar-refractivity contribution in [2.75, 3.05) is 6.61 Å². The lowest BCUT2D eigenvalue weighted by atomic mass is 9.99. The fourth-order valence-corrected chi connectivity index (χ4v) is 1.58. The van der Waals surface area contributed by atoms with Gasteiger partial charge < -0.3 is 4.74 Å². The van der Waals surface area contributed by atoms with E-state index in [-0.39, 0.29) is 5.75 Å². The number of alkyl halides is 2. The molecule has 108 valence electrons. The molecule has 1 atom stereocenters. The van der Waals surface area contributed by atoms with Gasteiger partial charge in [0.05, 0.1) is 0 Å². The van der Waals surface area contributed by atoms with E-state index in [1.54, 1.807) is 12.1 Å². The Morgan fingerprint density at radius 2 is 1.84 bits per heavy atom. The minimum Gasteiger partial charge on any atom is -0.486 e. The molecule has 0 aliphatic rings. The van der Waals surface area contributed by atoms with Gasteiger partial charge in [-0.1, -0.05) is 26.0 Å². The lowest BCUT2D eigenvalue weighted by Gasteiger charge is -2.15. The summed E-state index contributed by atoms with van der Waals surface area (Å²) in [5, 5.41) is -4.32. The Balaban J connectivity index is 2.70. The second kappa shape index (κ2) is 5.83. The summed E-state index contributed by atoms with van der Waals surface area (Å²) in [7, 11) is -5.46. The van der Waals surface area contributed by atoms with Crippen molar-refractivity contribution in [3.05, 3.63) is 29.8 Å². The number of ether oxygens (including phenoxy) is 1. The molecule has 0 bridgehead atoms. The quantitative estimate of drug-likeness (QED) is 0.819. The summed E-state index contributed by atoms with van der Waals surface area (Å²) in [6, 6.07) is 6.44. The first kappa shape index (κ1) is 15.8. The molecule has 0 saturated carbocycles. The van der Waals surface area contributed by atoms with E-state index in [9.17, 15) is 17.2 Å². The smallest absolute Gasteiger partial charge is 0.402 e. The molecule has 0 radical (unpaired) electrons. The third-order valence-electron chi connectivity index (χ3n) is 2.85. The van der Waals surface area contributed by atoms with Crippen LogP contribution in [0.1, 0.15) is 31.7 Å². The lowest BCUT2D eigenvalue weighted by molar-refractivity contribution is 0.0288. The highest BCUT2D eigenvalue weighted by Gasteiger charge is 2.45. The van der Waals surface area contributed by atoms with Crippen LogP contribution in [0.4, 0.5) is 8.78 Å². The van der Waals surface area contributed by atoms with E-state index in [4.69, 9.17) is 4.55 Å². The molecule has 1 aromatic rings. The highest BCUT2D eigenvalue weighted by atomic mass is 32.2. The Labute approximate surface area is 111 Å². The highest BCUT2D eigenvalue weighted by molar-refractivity contribution is 7.86. The first-order valence-electron chi connectivity index (χ1n) is 5.75. The molecule has 0 fully saturated rings. The van der Waals surface area contributed by atoms with Gasteiger partial charge in [-0.2, -0.15) is 17.2 Å². The first-order valence-corrected chi connectivity index (χ1v) is 7.19. The molecule has 19 heavy (non-hydrogen) atoms. The third-order valence-corrected chi connectivity index (χ3v) is 3.72. The van der Waals surface area contributed by atoms with Gasteiger partial charge >= 0.3 is 15.4 Å². The molecule has 0 amide bonds. The van der Waals surface area contributed by atoms with Crippen LogP contribution in [0.3, 0.4) is 0 Å². The molecule has 0 saturated heterocycles. The van der Waals surface area contributed by atoms with Gasteiger partial charge in [-0.3, -0.25) is 4.55 Å². The van der Waals surface area contributed by atoms with E-state index in [0.29, 0.717) is 5.92 Å². The average Bonchev–Trinajstić information content (AvgIpc) is 2.35. The minimum absolute atomic E-state index is 0.121. The maximum absolute atomic E-state index is 12.9. The van der Waals surface area contributed by atoms with E-state index in [2.05, 4.69) is 4.74 Å². The Kier molecular flexibility index (Phi) is 4.86. The fraction of sp³-hybridized carbons (Fsp3) is 0.500. The van der Waals surface area contributed by atoms with Crippen LogP contribution < -0.4 is 4.74 Å². The monoisotopic (exact) mass is 294 g/mol. The van der Waals surface area contributed by atoms with Gasteiger partial charge in [-0.15, -0.1) is 0 Å². The molecule has 7 heteroatoms. The van der Waals surface area contributed by atoms with Crippen LogP contribution in [0.15, 0.2) is 24.3 Å². The summed E-state index contributed by atoms with van der Waals surface area (Å²) in [5.41, 5.74) is 1.04. The van der Waals surface area contributed by atoms with Gasteiger partial charge in [0.25, 0.3) is 0 Å². The van der Waals surface area contributed by atoms with Crippen LogP contribution in [-0.2, 0) is 10.1 Å². The fourth-order valence-electron chi connectivity index (χ4n) is 1.37. The van der Waals surface area contributed by atoms with E-state index < -0.39 is 22.0 Å². The molecule has 4 nitrogen and oxygen atoms in total. The third kappa shape index (κ3) is 4.14. The number of halogens is 2. The number of benzene rings is 1. The van der Waals surface area contributed by atoms with Crippen molar-refractivity contribution in [3.8, 4) is 5.75 Å².